The van der Waals surface area contributed by atoms with Crippen molar-refractivity contribution in [2.75, 3.05) is 53.0 Å². The summed E-state index contributed by atoms with van der Waals surface area (Å²) in [6, 6.07) is 1.59. The molecule has 0 radical (unpaired) electrons. The summed E-state index contributed by atoms with van der Waals surface area (Å²) in [5.41, 5.74) is 0. The summed E-state index contributed by atoms with van der Waals surface area (Å²) in [5.74, 6) is 0.677. The van der Waals surface area contributed by atoms with Crippen LogP contribution in [-0.2, 0) is 4.74 Å². The zero-order valence-electron chi connectivity index (χ0n) is 11.6. The second-order valence-corrected chi connectivity index (χ2v) is 6.09. The molecule has 4 heteroatoms. The van der Waals surface area contributed by atoms with Crippen LogP contribution in [0.25, 0.3) is 0 Å². The van der Waals surface area contributed by atoms with E-state index in [2.05, 4.69) is 22.2 Å². The van der Waals surface area contributed by atoms with Crippen LogP contribution < -0.4 is 5.32 Å². The highest BCUT2D eigenvalue weighted by Gasteiger charge is 2.32. The van der Waals surface area contributed by atoms with Crippen LogP contribution in [0.4, 0.5) is 0 Å². The van der Waals surface area contributed by atoms with Gasteiger partial charge < -0.3 is 15.0 Å². The summed E-state index contributed by atoms with van der Waals surface area (Å²) in [7, 11) is 2.09. The van der Waals surface area contributed by atoms with Crippen LogP contribution >= 0.6 is 0 Å². The SMILES string of the molecule is CNC1CCOCC1CN1CCN(C2CC2)CC1. The van der Waals surface area contributed by atoms with Crippen LogP contribution in [0.3, 0.4) is 0 Å². The molecule has 0 aromatic heterocycles. The van der Waals surface area contributed by atoms with E-state index in [0.717, 1.165) is 19.3 Å². The first-order valence-electron chi connectivity index (χ1n) is 7.58. The molecule has 0 bridgehead atoms. The first kappa shape index (κ1) is 12.9. The first-order valence-corrected chi connectivity index (χ1v) is 7.58. The molecule has 2 atom stereocenters. The molecule has 0 aromatic carbocycles. The highest BCUT2D eigenvalue weighted by molar-refractivity contribution is 4.89. The molecular formula is C14H27N3O. The molecular weight excluding hydrogens is 226 g/mol. The highest BCUT2D eigenvalue weighted by Crippen LogP contribution is 2.27. The molecule has 2 saturated heterocycles. The zero-order valence-corrected chi connectivity index (χ0v) is 11.6. The smallest absolute Gasteiger partial charge is 0.0521 e. The second kappa shape index (κ2) is 5.87. The molecule has 3 fully saturated rings. The van der Waals surface area contributed by atoms with Crippen molar-refractivity contribution in [1.82, 2.24) is 15.1 Å². The molecule has 3 aliphatic rings. The van der Waals surface area contributed by atoms with Crippen molar-refractivity contribution in [1.29, 1.82) is 0 Å². The summed E-state index contributed by atoms with van der Waals surface area (Å²) in [5, 5.41) is 3.46. The third-order valence-electron chi connectivity index (χ3n) is 4.81. The van der Waals surface area contributed by atoms with Crippen molar-refractivity contribution >= 4 is 0 Å². The largest absolute Gasteiger partial charge is 0.381 e. The van der Waals surface area contributed by atoms with Crippen molar-refractivity contribution in [3.05, 3.63) is 0 Å². The van der Waals surface area contributed by atoms with E-state index in [1.165, 1.54) is 52.0 Å². The Bertz CT molecular complexity index is 262. The number of piperazine rings is 1. The van der Waals surface area contributed by atoms with Gasteiger partial charge in [0.1, 0.15) is 0 Å². The third kappa shape index (κ3) is 3.05. The predicted molar refractivity (Wildman–Crippen MR) is 72.8 cm³/mol. The second-order valence-electron chi connectivity index (χ2n) is 6.09. The minimum atomic E-state index is 0.653. The molecule has 0 spiro atoms. The lowest BCUT2D eigenvalue weighted by Crippen LogP contribution is -2.52. The van der Waals surface area contributed by atoms with Gasteiger partial charge >= 0.3 is 0 Å². The third-order valence-corrected chi connectivity index (χ3v) is 4.81. The summed E-state index contributed by atoms with van der Waals surface area (Å²) in [6.45, 7) is 8.15. The Labute approximate surface area is 111 Å². The van der Waals surface area contributed by atoms with Crippen LogP contribution in [0.1, 0.15) is 19.3 Å². The lowest BCUT2D eigenvalue weighted by Gasteiger charge is -2.39. The van der Waals surface area contributed by atoms with Crippen molar-refractivity contribution in [2.45, 2.75) is 31.3 Å². The summed E-state index contributed by atoms with van der Waals surface area (Å²) < 4.78 is 5.65. The van der Waals surface area contributed by atoms with Gasteiger partial charge in [-0.15, -0.1) is 0 Å². The molecule has 1 N–H and O–H groups in total. The molecule has 1 saturated carbocycles. The molecule has 2 aliphatic heterocycles. The molecule has 2 heterocycles. The van der Waals surface area contributed by atoms with E-state index in [9.17, 15) is 0 Å². The van der Waals surface area contributed by atoms with Gasteiger partial charge in [-0.05, 0) is 26.3 Å². The average Bonchev–Trinajstić information content (AvgIpc) is 3.25. The van der Waals surface area contributed by atoms with Crippen molar-refractivity contribution < 1.29 is 4.74 Å². The Morgan fingerprint density at radius 3 is 2.56 bits per heavy atom. The summed E-state index contributed by atoms with van der Waals surface area (Å²) in [4.78, 5) is 5.33. The molecule has 3 rings (SSSR count). The Morgan fingerprint density at radius 2 is 1.89 bits per heavy atom. The lowest BCUT2D eigenvalue weighted by atomic mass is 9.95. The van der Waals surface area contributed by atoms with Gasteiger partial charge in [-0.25, -0.2) is 0 Å². The van der Waals surface area contributed by atoms with Crippen LogP contribution in [-0.4, -0.2) is 74.9 Å². The number of ether oxygens (including phenoxy) is 1. The first-order chi connectivity index (χ1) is 8.86. The Kier molecular flexibility index (Phi) is 4.19. The number of nitrogens with zero attached hydrogens (tertiary/aromatic N) is 2. The quantitative estimate of drug-likeness (QED) is 0.784. The monoisotopic (exact) mass is 253 g/mol. The van der Waals surface area contributed by atoms with Gasteiger partial charge in [0, 0.05) is 57.3 Å². The fraction of sp³-hybridized carbons (Fsp3) is 1.00. The molecule has 18 heavy (non-hydrogen) atoms. The lowest BCUT2D eigenvalue weighted by molar-refractivity contribution is 0.00994. The van der Waals surface area contributed by atoms with E-state index in [4.69, 9.17) is 4.74 Å². The van der Waals surface area contributed by atoms with Crippen LogP contribution in [0, 0.1) is 5.92 Å². The zero-order chi connectivity index (χ0) is 12.4. The topological polar surface area (TPSA) is 27.7 Å². The summed E-state index contributed by atoms with van der Waals surface area (Å²) >= 11 is 0. The van der Waals surface area contributed by atoms with E-state index in [1.54, 1.807) is 0 Å². The Balaban J connectivity index is 1.44. The number of rotatable bonds is 4. The predicted octanol–water partition coefficient (Wildman–Crippen LogP) is 0.391. The van der Waals surface area contributed by atoms with Crippen LogP contribution in [0.2, 0.25) is 0 Å². The van der Waals surface area contributed by atoms with E-state index in [1.807, 2.05) is 0 Å². The van der Waals surface area contributed by atoms with Crippen LogP contribution in [0.15, 0.2) is 0 Å². The maximum Gasteiger partial charge on any atom is 0.0521 e. The number of hydrogen-bond acceptors (Lipinski definition) is 4. The van der Waals surface area contributed by atoms with Crippen molar-refractivity contribution in [3.8, 4) is 0 Å². The fourth-order valence-corrected chi connectivity index (χ4v) is 3.44. The van der Waals surface area contributed by atoms with Gasteiger partial charge in [0.05, 0.1) is 6.61 Å². The fourth-order valence-electron chi connectivity index (χ4n) is 3.44. The number of nitrogens with one attached hydrogen (secondary N) is 1. The molecule has 1 aliphatic carbocycles. The maximum absolute atomic E-state index is 5.65. The van der Waals surface area contributed by atoms with E-state index < -0.39 is 0 Å². The Hall–Kier alpha value is -0.160. The maximum atomic E-state index is 5.65. The van der Waals surface area contributed by atoms with Gasteiger partial charge in [0.2, 0.25) is 0 Å². The van der Waals surface area contributed by atoms with Gasteiger partial charge in [0.25, 0.3) is 0 Å². The van der Waals surface area contributed by atoms with Crippen molar-refractivity contribution in [3.63, 3.8) is 0 Å². The van der Waals surface area contributed by atoms with Crippen molar-refractivity contribution in [2.24, 2.45) is 5.92 Å². The van der Waals surface area contributed by atoms with E-state index in [0.29, 0.717) is 12.0 Å². The van der Waals surface area contributed by atoms with E-state index >= 15 is 0 Å². The Morgan fingerprint density at radius 1 is 1.11 bits per heavy atom. The van der Waals surface area contributed by atoms with Gasteiger partial charge in [0.15, 0.2) is 0 Å². The minimum absolute atomic E-state index is 0.653. The molecule has 104 valence electrons. The van der Waals surface area contributed by atoms with Gasteiger partial charge in [-0.1, -0.05) is 0 Å². The molecule has 2 unspecified atom stereocenters. The number of hydrogen-bond donors (Lipinski definition) is 1. The van der Waals surface area contributed by atoms with Crippen LogP contribution in [0.5, 0.6) is 0 Å². The average molecular weight is 253 g/mol. The highest BCUT2D eigenvalue weighted by atomic mass is 16.5. The van der Waals surface area contributed by atoms with Gasteiger partial charge in [-0.3, -0.25) is 4.90 Å². The van der Waals surface area contributed by atoms with Gasteiger partial charge in [-0.2, -0.15) is 0 Å². The minimum Gasteiger partial charge on any atom is -0.381 e. The molecule has 4 nitrogen and oxygen atoms in total. The molecule has 0 amide bonds. The standard InChI is InChI=1S/C14H27N3O/c1-15-14-4-9-18-11-12(14)10-16-5-7-17(8-6-16)13-2-3-13/h12-15H,2-11H2,1H3. The normalized spacial score (nSPS) is 35.8. The molecule has 0 aromatic rings. The summed E-state index contributed by atoms with van der Waals surface area (Å²) in [6.07, 6.45) is 4.06. The van der Waals surface area contributed by atoms with E-state index in [-0.39, 0.29) is 0 Å².